The van der Waals surface area contributed by atoms with E-state index in [1.54, 1.807) is 6.07 Å². The molecule has 0 unspecified atom stereocenters. The van der Waals surface area contributed by atoms with Crippen molar-refractivity contribution in [1.82, 2.24) is 5.32 Å². The van der Waals surface area contributed by atoms with Crippen LogP contribution in [0, 0.1) is 6.92 Å². The molecule has 18 heavy (non-hydrogen) atoms. The van der Waals surface area contributed by atoms with Crippen molar-refractivity contribution in [2.24, 2.45) is 0 Å². The van der Waals surface area contributed by atoms with Gasteiger partial charge < -0.3 is 11.1 Å². The predicted molar refractivity (Wildman–Crippen MR) is 80.2 cm³/mol. The summed E-state index contributed by atoms with van der Waals surface area (Å²) >= 11 is 1.87. The molecule has 0 aromatic heterocycles. The first-order valence-electron chi connectivity index (χ1n) is 6.28. The summed E-state index contributed by atoms with van der Waals surface area (Å²) in [5, 5.41) is 2.94. The summed E-state index contributed by atoms with van der Waals surface area (Å²) in [4.78, 5) is 11.9. The molecule has 0 aliphatic carbocycles. The van der Waals surface area contributed by atoms with E-state index in [0.29, 0.717) is 11.3 Å². The maximum absolute atomic E-state index is 11.9. The Bertz CT molecular complexity index is 393. The lowest BCUT2D eigenvalue weighted by molar-refractivity contribution is 0.0952. The lowest BCUT2D eigenvalue weighted by Gasteiger charge is -2.08. The van der Waals surface area contributed by atoms with Gasteiger partial charge in [-0.05, 0) is 49.5 Å². The Kier molecular flexibility index (Phi) is 6.65. The van der Waals surface area contributed by atoms with Crippen molar-refractivity contribution in [3.05, 3.63) is 29.3 Å². The minimum absolute atomic E-state index is 0.0235. The number of nitrogens with two attached hydrogens (primary N) is 1. The first-order chi connectivity index (χ1) is 8.65. The molecule has 0 aliphatic rings. The molecule has 0 bridgehead atoms. The minimum Gasteiger partial charge on any atom is -0.399 e. The van der Waals surface area contributed by atoms with Crippen LogP contribution in [-0.2, 0) is 0 Å². The first-order valence-corrected chi connectivity index (χ1v) is 7.68. The Morgan fingerprint density at radius 3 is 2.83 bits per heavy atom. The highest BCUT2D eigenvalue weighted by molar-refractivity contribution is 7.98. The van der Waals surface area contributed by atoms with Gasteiger partial charge in [-0.25, -0.2) is 0 Å². The van der Waals surface area contributed by atoms with E-state index in [1.807, 2.05) is 30.8 Å². The van der Waals surface area contributed by atoms with Gasteiger partial charge in [0.1, 0.15) is 0 Å². The second-order valence-electron chi connectivity index (χ2n) is 4.38. The lowest BCUT2D eigenvalue weighted by Crippen LogP contribution is -2.25. The van der Waals surface area contributed by atoms with Crippen molar-refractivity contribution >= 4 is 23.4 Å². The van der Waals surface area contributed by atoms with E-state index in [1.165, 1.54) is 12.2 Å². The molecule has 1 aromatic rings. The van der Waals surface area contributed by atoms with Crippen LogP contribution >= 0.6 is 11.8 Å². The van der Waals surface area contributed by atoms with Gasteiger partial charge >= 0.3 is 0 Å². The Hall–Kier alpha value is -1.16. The largest absolute Gasteiger partial charge is 0.399 e. The third-order valence-electron chi connectivity index (χ3n) is 2.82. The number of carbonyl (C=O) groups is 1. The van der Waals surface area contributed by atoms with Crippen LogP contribution in [0.2, 0.25) is 0 Å². The molecular formula is C14H22N2OS. The number of rotatable bonds is 7. The molecule has 1 rings (SSSR count). The summed E-state index contributed by atoms with van der Waals surface area (Å²) in [6.45, 7) is 2.66. The van der Waals surface area contributed by atoms with Crippen LogP contribution in [0.4, 0.5) is 5.69 Å². The number of benzene rings is 1. The molecule has 1 amide bonds. The van der Waals surface area contributed by atoms with Gasteiger partial charge in [0, 0.05) is 17.8 Å². The van der Waals surface area contributed by atoms with Gasteiger partial charge in [-0.2, -0.15) is 11.8 Å². The Morgan fingerprint density at radius 1 is 1.33 bits per heavy atom. The van der Waals surface area contributed by atoms with Gasteiger partial charge in [0.2, 0.25) is 0 Å². The number of hydrogen-bond acceptors (Lipinski definition) is 3. The standard InChI is InChI=1S/C14H22N2OS/c1-11-6-7-12(15)10-13(11)14(17)16-8-4-3-5-9-18-2/h6-7,10H,3-5,8-9,15H2,1-2H3,(H,16,17). The van der Waals surface area contributed by atoms with E-state index in [9.17, 15) is 4.79 Å². The number of unbranched alkanes of at least 4 members (excludes halogenated alkanes) is 2. The smallest absolute Gasteiger partial charge is 0.251 e. The van der Waals surface area contributed by atoms with Crippen LogP contribution in [0.25, 0.3) is 0 Å². The highest BCUT2D eigenvalue weighted by Gasteiger charge is 2.08. The number of nitrogen functional groups attached to an aromatic ring is 1. The van der Waals surface area contributed by atoms with Crippen LogP contribution in [-0.4, -0.2) is 24.5 Å². The van der Waals surface area contributed by atoms with E-state index in [-0.39, 0.29) is 5.91 Å². The summed E-state index contributed by atoms with van der Waals surface area (Å²) < 4.78 is 0. The third kappa shape index (κ3) is 5.00. The van der Waals surface area contributed by atoms with Gasteiger partial charge in [0.15, 0.2) is 0 Å². The van der Waals surface area contributed by atoms with Crippen LogP contribution in [0.3, 0.4) is 0 Å². The maximum Gasteiger partial charge on any atom is 0.251 e. The molecular weight excluding hydrogens is 244 g/mol. The second kappa shape index (κ2) is 8.03. The molecule has 0 heterocycles. The monoisotopic (exact) mass is 266 g/mol. The number of thioether (sulfide) groups is 1. The number of nitrogens with one attached hydrogen (secondary N) is 1. The molecule has 0 fully saturated rings. The second-order valence-corrected chi connectivity index (χ2v) is 5.37. The zero-order chi connectivity index (χ0) is 13.4. The van der Waals surface area contributed by atoms with Gasteiger partial charge in [0.05, 0.1) is 0 Å². The molecule has 100 valence electrons. The van der Waals surface area contributed by atoms with Crippen molar-refractivity contribution in [3.63, 3.8) is 0 Å². The fourth-order valence-corrected chi connectivity index (χ4v) is 2.22. The van der Waals surface area contributed by atoms with E-state index >= 15 is 0 Å². The molecule has 0 atom stereocenters. The summed E-state index contributed by atoms with van der Waals surface area (Å²) in [7, 11) is 0. The van der Waals surface area contributed by atoms with Crippen molar-refractivity contribution in [2.45, 2.75) is 26.2 Å². The van der Waals surface area contributed by atoms with Gasteiger partial charge in [-0.3, -0.25) is 4.79 Å². The van der Waals surface area contributed by atoms with Crippen LogP contribution < -0.4 is 11.1 Å². The highest BCUT2D eigenvalue weighted by Crippen LogP contribution is 2.12. The van der Waals surface area contributed by atoms with E-state index in [4.69, 9.17) is 5.73 Å². The molecule has 0 aliphatic heterocycles. The number of amides is 1. The maximum atomic E-state index is 11.9. The normalized spacial score (nSPS) is 10.3. The molecule has 0 saturated heterocycles. The molecule has 3 nitrogen and oxygen atoms in total. The van der Waals surface area contributed by atoms with Crippen molar-refractivity contribution in [1.29, 1.82) is 0 Å². The van der Waals surface area contributed by atoms with Crippen molar-refractivity contribution in [3.8, 4) is 0 Å². The lowest BCUT2D eigenvalue weighted by atomic mass is 10.1. The van der Waals surface area contributed by atoms with Crippen LogP contribution in [0.5, 0.6) is 0 Å². The van der Waals surface area contributed by atoms with Crippen molar-refractivity contribution in [2.75, 3.05) is 24.3 Å². The quantitative estimate of drug-likeness (QED) is 0.589. The third-order valence-corrected chi connectivity index (χ3v) is 3.51. The minimum atomic E-state index is -0.0235. The fourth-order valence-electron chi connectivity index (χ4n) is 1.73. The number of hydrogen-bond donors (Lipinski definition) is 2. The number of anilines is 1. The zero-order valence-electron chi connectivity index (χ0n) is 11.2. The molecule has 1 aromatic carbocycles. The average Bonchev–Trinajstić information content (AvgIpc) is 2.36. The summed E-state index contributed by atoms with van der Waals surface area (Å²) in [6, 6.07) is 5.43. The van der Waals surface area contributed by atoms with Crippen molar-refractivity contribution < 1.29 is 4.79 Å². The topological polar surface area (TPSA) is 55.1 Å². The molecule has 4 heteroatoms. The highest BCUT2D eigenvalue weighted by atomic mass is 32.2. The zero-order valence-corrected chi connectivity index (χ0v) is 12.0. The van der Waals surface area contributed by atoms with Crippen LogP contribution in [0.15, 0.2) is 18.2 Å². The first kappa shape index (κ1) is 14.9. The summed E-state index contributed by atoms with van der Waals surface area (Å²) in [5.41, 5.74) is 7.96. The van der Waals surface area contributed by atoms with Gasteiger partial charge in [-0.15, -0.1) is 0 Å². The Morgan fingerprint density at radius 2 is 2.11 bits per heavy atom. The Labute approximate surface area is 114 Å². The summed E-state index contributed by atoms with van der Waals surface area (Å²) in [6.07, 6.45) is 5.53. The number of aryl methyl sites for hydroxylation is 1. The van der Waals surface area contributed by atoms with Gasteiger partial charge in [0.25, 0.3) is 5.91 Å². The SMILES string of the molecule is CSCCCCCNC(=O)c1cc(N)ccc1C. The van der Waals surface area contributed by atoms with E-state index in [2.05, 4.69) is 11.6 Å². The summed E-state index contributed by atoms with van der Waals surface area (Å²) in [5.74, 6) is 1.17. The van der Waals surface area contributed by atoms with E-state index in [0.717, 1.165) is 24.9 Å². The fraction of sp³-hybridized carbons (Fsp3) is 0.500. The van der Waals surface area contributed by atoms with Gasteiger partial charge in [-0.1, -0.05) is 12.5 Å². The molecule has 0 radical (unpaired) electrons. The predicted octanol–water partition coefficient (Wildman–Crippen LogP) is 2.84. The average molecular weight is 266 g/mol. The van der Waals surface area contributed by atoms with Crippen LogP contribution in [0.1, 0.15) is 35.2 Å². The van der Waals surface area contributed by atoms with E-state index < -0.39 is 0 Å². The molecule has 0 spiro atoms. The molecule has 3 N–H and O–H groups in total. The number of carbonyl (C=O) groups excluding carboxylic acids is 1. The Balaban J connectivity index is 2.34. The molecule has 0 saturated carbocycles.